The highest BCUT2D eigenvalue weighted by Crippen LogP contribution is 2.33. The third kappa shape index (κ3) is 4.65. The van der Waals surface area contributed by atoms with Crippen molar-refractivity contribution in [3.63, 3.8) is 0 Å². The molecule has 1 fully saturated rings. The number of esters is 1. The zero-order valence-electron chi connectivity index (χ0n) is 9.95. The van der Waals surface area contributed by atoms with E-state index >= 15 is 0 Å². The molecular weight excluding hydrogens is 192 g/mol. The predicted octanol–water partition coefficient (Wildman–Crippen LogP) is 2.13. The lowest BCUT2D eigenvalue weighted by atomic mass is 10.0. The van der Waals surface area contributed by atoms with Crippen molar-refractivity contribution < 1.29 is 14.6 Å². The van der Waals surface area contributed by atoms with Gasteiger partial charge in [-0.1, -0.05) is 0 Å². The summed E-state index contributed by atoms with van der Waals surface area (Å²) in [5.41, 5.74) is -0.383. The summed E-state index contributed by atoms with van der Waals surface area (Å²) in [7, 11) is 0. The van der Waals surface area contributed by atoms with Gasteiger partial charge in [0.15, 0.2) is 0 Å². The van der Waals surface area contributed by atoms with Crippen LogP contribution in [0.1, 0.15) is 46.5 Å². The first-order valence-corrected chi connectivity index (χ1v) is 5.73. The molecule has 0 bridgehead atoms. The van der Waals surface area contributed by atoms with Crippen molar-refractivity contribution in [3.05, 3.63) is 0 Å². The van der Waals surface area contributed by atoms with Crippen molar-refractivity contribution in [2.75, 3.05) is 6.61 Å². The van der Waals surface area contributed by atoms with Gasteiger partial charge in [0.2, 0.25) is 0 Å². The van der Waals surface area contributed by atoms with Crippen LogP contribution in [0.25, 0.3) is 0 Å². The lowest BCUT2D eigenvalue weighted by Gasteiger charge is -2.20. The SMILES string of the molecule is CC(C)(C)OC(=O)CC1CCC(CO)C1. The zero-order valence-corrected chi connectivity index (χ0v) is 9.95. The first kappa shape index (κ1) is 12.5. The minimum Gasteiger partial charge on any atom is -0.460 e. The normalized spacial score (nSPS) is 26.7. The molecule has 0 aliphatic heterocycles. The molecule has 88 valence electrons. The molecule has 15 heavy (non-hydrogen) atoms. The maximum Gasteiger partial charge on any atom is 0.306 e. The molecule has 1 aliphatic carbocycles. The van der Waals surface area contributed by atoms with Gasteiger partial charge in [0.05, 0.1) is 0 Å². The Morgan fingerprint density at radius 3 is 2.40 bits per heavy atom. The molecule has 0 aromatic heterocycles. The maximum absolute atomic E-state index is 11.5. The molecule has 1 rings (SSSR count). The van der Waals surface area contributed by atoms with Gasteiger partial charge in [0.1, 0.15) is 5.60 Å². The van der Waals surface area contributed by atoms with Gasteiger partial charge in [-0.2, -0.15) is 0 Å². The van der Waals surface area contributed by atoms with Crippen LogP contribution in [-0.4, -0.2) is 23.3 Å². The van der Waals surface area contributed by atoms with Crippen LogP contribution < -0.4 is 0 Å². The summed E-state index contributed by atoms with van der Waals surface area (Å²) in [5.74, 6) is 0.709. The minimum absolute atomic E-state index is 0.105. The van der Waals surface area contributed by atoms with Crippen LogP contribution in [-0.2, 0) is 9.53 Å². The van der Waals surface area contributed by atoms with E-state index in [0.717, 1.165) is 19.3 Å². The van der Waals surface area contributed by atoms with E-state index in [0.29, 0.717) is 18.3 Å². The maximum atomic E-state index is 11.5. The highest BCUT2D eigenvalue weighted by molar-refractivity contribution is 5.70. The second kappa shape index (κ2) is 4.97. The largest absolute Gasteiger partial charge is 0.460 e. The topological polar surface area (TPSA) is 46.5 Å². The van der Waals surface area contributed by atoms with Gasteiger partial charge in [-0.25, -0.2) is 0 Å². The molecule has 3 nitrogen and oxygen atoms in total. The molecule has 0 radical (unpaired) electrons. The van der Waals surface area contributed by atoms with Crippen molar-refractivity contribution in [3.8, 4) is 0 Å². The van der Waals surface area contributed by atoms with E-state index in [1.165, 1.54) is 0 Å². The number of carbonyl (C=O) groups is 1. The Kier molecular flexibility index (Phi) is 4.14. The van der Waals surface area contributed by atoms with E-state index in [9.17, 15) is 4.79 Å². The number of aliphatic hydroxyl groups is 1. The Labute approximate surface area is 91.8 Å². The summed E-state index contributed by atoms with van der Waals surface area (Å²) >= 11 is 0. The van der Waals surface area contributed by atoms with Crippen LogP contribution in [0, 0.1) is 11.8 Å². The summed E-state index contributed by atoms with van der Waals surface area (Å²) in [4.78, 5) is 11.5. The molecule has 0 heterocycles. The fraction of sp³-hybridized carbons (Fsp3) is 0.917. The van der Waals surface area contributed by atoms with Gasteiger partial charge in [-0.05, 0) is 51.9 Å². The molecule has 3 heteroatoms. The zero-order chi connectivity index (χ0) is 11.5. The van der Waals surface area contributed by atoms with E-state index in [1.54, 1.807) is 0 Å². The fourth-order valence-electron chi connectivity index (χ4n) is 2.15. The fourth-order valence-corrected chi connectivity index (χ4v) is 2.15. The third-order valence-electron chi connectivity index (χ3n) is 2.78. The summed E-state index contributed by atoms with van der Waals surface area (Å²) < 4.78 is 5.27. The average Bonchev–Trinajstić information content (AvgIpc) is 2.48. The molecule has 0 saturated heterocycles. The van der Waals surface area contributed by atoms with Gasteiger partial charge in [0, 0.05) is 13.0 Å². The number of hydrogen-bond donors (Lipinski definition) is 1. The summed E-state index contributed by atoms with van der Waals surface area (Å²) in [6, 6.07) is 0. The first-order chi connectivity index (χ1) is 6.90. The monoisotopic (exact) mass is 214 g/mol. The van der Waals surface area contributed by atoms with Gasteiger partial charge in [-0.15, -0.1) is 0 Å². The number of rotatable bonds is 3. The van der Waals surface area contributed by atoms with Gasteiger partial charge < -0.3 is 9.84 Å². The lowest BCUT2D eigenvalue weighted by molar-refractivity contribution is -0.155. The lowest BCUT2D eigenvalue weighted by Crippen LogP contribution is -2.25. The highest BCUT2D eigenvalue weighted by atomic mass is 16.6. The smallest absolute Gasteiger partial charge is 0.306 e. The van der Waals surface area contributed by atoms with Crippen molar-refractivity contribution in [2.45, 2.75) is 52.1 Å². The molecule has 0 aromatic rings. The molecule has 2 unspecified atom stereocenters. The summed E-state index contributed by atoms with van der Waals surface area (Å²) in [6.07, 6.45) is 3.57. The van der Waals surface area contributed by atoms with Crippen LogP contribution in [0.3, 0.4) is 0 Å². The third-order valence-corrected chi connectivity index (χ3v) is 2.78. The van der Waals surface area contributed by atoms with E-state index in [-0.39, 0.29) is 18.2 Å². The molecule has 1 saturated carbocycles. The van der Waals surface area contributed by atoms with Gasteiger partial charge in [0.25, 0.3) is 0 Å². The van der Waals surface area contributed by atoms with E-state index in [1.807, 2.05) is 20.8 Å². The number of carbonyl (C=O) groups excluding carboxylic acids is 1. The van der Waals surface area contributed by atoms with Crippen molar-refractivity contribution in [1.29, 1.82) is 0 Å². The Morgan fingerprint density at radius 1 is 1.33 bits per heavy atom. The van der Waals surface area contributed by atoms with Crippen LogP contribution in [0.4, 0.5) is 0 Å². The van der Waals surface area contributed by atoms with Crippen LogP contribution in [0.2, 0.25) is 0 Å². The molecule has 0 spiro atoms. The predicted molar refractivity (Wildman–Crippen MR) is 58.4 cm³/mol. The quantitative estimate of drug-likeness (QED) is 0.732. The van der Waals surface area contributed by atoms with Crippen LogP contribution >= 0.6 is 0 Å². The molecule has 1 aliphatic rings. The Bertz CT molecular complexity index is 217. The number of ether oxygens (including phenoxy) is 1. The van der Waals surface area contributed by atoms with Gasteiger partial charge >= 0.3 is 5.97 Å². The number of hydrogen-bond acceptors (Lipinski definition) is 3. The second-order valence-electron chi connectivity index (χ2n) is 5.52. The van der Waals surface area contributed by atoms with E-state index in [4.69, 9.17) is 9.84 Å². The Hall–Kier alpha value is -0.570. The minimum atomic E-state index is -0.383. The standard InChI is InChI=1S/C12H22O3/c1-12(2,3)15-11(14)7-9-4-5-10(6-9)8-13/h9-10,13H,4-8H2,1-3H3. The molecule has 0 amide bonds. The first-order valence-electron chi connectivity index (χ1n) is 5.73. The van der Waals surface area contributed by atoms with E-state index in [2.05, 4.69) is 0 Å². The van der Waals surface area contributed by atoms with E-state index < -0.39 is 0 Å². The molecule has 0 aromatic carbocycles. The van der Waals surface area contributed by atoms with Crippen molar-refractivity contribution in [2.24, 2.45) is 11.8 Å². The number of aliphatic hydroxyl groups excluding tert-OH is 1. The highest BCUT2D eigenvalue weighted by Gasteiger charge is 2.27. The van der Waals surface area contributed by atoms with Crippen molar-refractivity contribution >= 4 is 5.97 Å². The average molecular weight is 214 g/mol. The molecular formula is C12H22O3. The second-order valence-corrected chi connectivity index (χ2v) is 5.52. The van der Waals surface area contributed by atoms with Crippen LogP contribution in [0.5, 0.6) is 0 Å². The summed E-state index contributed by atoms with van der Waals surface area (Å²) in [6.45, 7) is 5.91. The Balaban J connectivity index is 2.28. The van der Waals surface area contributed by atoms with Crippen LogP contribution in [0.15, 0.2) is 0 Å². The Morgan fingerprint density at radius 2 is 1.93 bits per heavy atom. The summed E-state index contributed by atoms with van der Waals surface area (Å²) in [5, 5.41) is 8.99. The van der Waals surface area contributed by atoms with Gasteiger partial charge in [-0.3, -0.25) is 4.79 Å². The molecule has 2 atom stereocenters. The molecule has 1 N–H and O–H groups in total. The van der Waals surface area contributed by atoms with Crippen molar-refractivity contribution in [1.82, 2.24) is 0 Å².